The molecule has 0 spiro atoms. The Morgan fingerprint density at radius 2 is 1.85 bits per heavy atom. The first-order valence-electron chi connectivity index (χ1n) is 6.31. The molecule has 2 N–H and O–H groups in total. The molecule has 0 aliphatic heterocycles. The average molecular weight is 278 g/mol. The summed E-state index contributed by atoms with van der Waals surface area (Å²) < 4.78 is 4.84. The average Bonchev–Trinajstić information content (AvgIpc) is 2.43. The number of nitrogens with one attached hydrogen (secondary N) is 2. The second-order valence-corrected chi connectivity index (χ2v) is 4.18. The summed E-state index contributed by atoms with van der Waals surface area (Å²) in [5, 5.41) is 0. The lowest BCUT2D eigenvalue weighted by Crippen LogP contribution is -2.49. The van der Waals surface area contributed by atoms with Gasteiger partial charge in [0.25, 0.3) is 5.91 Å². The van der Waals surface area contributed by atoms with Gasteiger partial charge in [-0.05, 0) is 26.0 Å². The molecule has 1 aromatic carbocycles. The van der Waals surface area contributed by atoms with E-state index >= 15 is 0 Å². The number of benzene rings is 1. The second kappa shape index (κ2) is 8.06. The van der Waals surface area contributed by atoms with Gasteiger partial charge in [0.05, 0.1) is 6.61 Å². The number of hydrogen-bond acceptors (Lipinski definition) is 5. The normalized spacial score (nSPS) is 11.5. The van der Waals surface area contributed by atoms with Crippen molar-refractivity contribution in [2.45, 2.75) is 26.3 Å². The lowest BCUT2D eigenvalue weighted by Gasteiger charge is -2.16. The molecule has 108 valence electrons. The third-order valence-corrected chi connectivity index (χ3v) is 2.46. The van der Waals surface area contributed by atoms with Crippen LogP contribution in [0.25, 0.3) is 0 Å². The Morgan fingerprint density at radius 1 is 1.20 bits per heavy atom. The Kier molecular flexibility index (Phi) is 6.39. The van der Waals surface area contributed by atoms with E-state index in [-0.39, 0.29) is 24.7 Å². The molecule has 0 fully saturated rings. The molecule has 1 unspecified atom stereocenters. The van der Waals surface area contributed by atoms with Crippen molar-refractivity contribution in [2.75, 3.05) is 6.61 Å². The van der Waals surface area contributed by atoms with Crippen LogP contribution in [0.5, 0.6) is 0 Å². The fraction of sp³-hybridized carbons (Fsp3) is 0.357. The van der Waals surface area contributed by atoms with Gasteiger partial charge < -0.3 is 4.74 Å². The number of rotatable bonds is 7. The Morgan fingerprint density at radius 3 is 2.40 bits per heavy atom. The number of carbonyl (C=O) groups is 3. The monoisotopic (exact) mass is 278 g/mol. The summed E-state index contributed by atoms with van der Waals surface area (Å²) in [6.07, 6.45) is -0.0477. The van der Waals surface area contributed by atoms with E-state index < -0.39 is 12.0 Å². The van der Waals surface area contributed by atoms with Crippen LogP contribution >= 0.6 is 0 Å². The fourth-order valence-electron chi connectivity index (χ4n) is 1.54. The molecule has 0 aliphatic carbocycles. The van der Waals surface area contributed by atoms with Crippen LogP contribution in [0, 0.1) is 0 Å². The van der Waals surface area contributed by atoms with Gasteiger partial charge in [-0.3, -0.25) is 19.8 Å². The number of ether oxygens (including phenoxy) is 1. The van der Waals surface area contributed by atoms with E-state index in [1.54, 1.807) is 37.3 Å². The standard InChI is InChI=1S/C14H18N2O4/c1-3-20-14(19)12(9-10(2)17)15-16-13(18)11-7-5-4-6-8-11/h4-8,12,15H,3,9H2,1-2H3,(H,16,18). The Labute approximate surface area is 117 Å². The van der Waals surface area contributed by atoms with Crippen LogP contribution in [0.1, 0.15) is 30.6 Å². The summed E-state index contributed by atoms with van der Waals surface area (Å²) in [6.45, 7) is 3.25. The number of ketones is 1. The molecule has 1 rings (SSSR count). The van der Waals surface area contributed by atoms with E-state index in [1.165, 1.54) is 6.92 Å². The number of hydrogen-bond donors (Lipinski definition) is 2. The minimum absolute atomic E-state index is 0.0477. The van der Waals surface area contributed by atoms with Crippen molar-refractivity contribution in [3.8, 4) is 0 Å². The maximum atomic E-state index is 11.8. The second-order valence-electron chi connectivity index (χ2n) is 4.18. The molecule has 0 saturated carbocycles. The van der Waals surface area contributed by atoms with Gasteiger partial charge in [-0.1, -0.05) is 18.2 Å². The molecular weight excluding hydrogens is 260 g/mol. The quantitative estimate of drug-likeness (QED) is 0.570. The number of carbonyl (C=O) groups excluding carboxylic acids is 3. The SMILES string of the molecule is CCOC(=O)C(CC(C)=O)NNC(=O)c1ccccc1. The Balaban J connectivity index is 2.59. The fourth-order valence-corrected chi connectivity index (χ4v) is 1.54. The zero-order chi connectivity index (χ0) is 15.0. The number of esters is 1. The van der Waals surface area contributed by atoms with Crippen molar-refractivity contribution >= 4 is 17.7 Å². The van der Waals surface area contributed by atoms with Crippen LogP contribution in [0.2, 0.25) is 0 Å². The zero-order valence-electron chi connectivity index (χ0n) is 11.5. The van der Waals surface area contributed by atoms with Gasteiger partial charge in [0, 0.05) is 12.0 Å². The van der Waals surface area contributed by atoms with E-state index in [0.717, 1.165) is 0 Å². The molecule has 1 aromatic rings. The lowest BCUT2D eigenvalue weighted by atomic mass is 10.1. The highest BCUT2D eigenvalue weighted by Gasteiger charge is 2.22. The van der Waals surface area contributed by atoms with Gasteiger partial charge in [0.1, 0.15) is 11.8 Å². The maximum absolute atomic E-state index is 11.8. The van der Waals surface area contributed by atoms with E-state index in [4.69, 9.17) is 4.74 Å². The molecule has 20 heavy (non-hydrogen) atoms. The van der Waals surface area contributed by atoms with Crippen LogP contribution in [0.15, 0.2) is 30.3 Å². The van der Waals surface area contributed by atoms with Crippen molar-refractivity contribution in [3.63, 3.8) is 0 Å². The van der Waals surface area contributed by atoms with Gasteiger partial charge >= 0.3 is 5.97 Å². The minimum Gasteiger partial charge on any atom is -0.465 e. The predicted molar refractivity (Wildman–Crippen MR) is 72.8 cm³/mol. The Bertz CT molecular complexity index is 473. The molecule has 1 atom stereocenters. The lowest BCUT2D eigenvalue weighted by molar-refractivity contribution is -0.147. The van der Waals surface area contributed by atoms with Gasteiger partial charge in [0.15, 0.2) is 0 Å². The summed E-state index contributed by atoms with van der Waals surface area (Å²) in [6, 6.07) is 7.64. The molecule has 6 heteroatoms. The van der Waals surface area contributed by atoms with Crippen molar-refractivity contribution in [1.82, 2.24) is 10.9 Å². The smallest absolute Gasteiger partial charge is 0.325 e. The van der Waals surface area contributed by atoms with E-state index in [2.05, 4.69) is 10.9 Å². The molecule has 0 aliphatic rings. The summed E-state index contributed by atoms with van der Waals surface area (Å²) >= 11 is 0. The van der Waals surface area contributed by atoms with Gasteiger partial charge in [-0.15, -0.1) is 0 Å². The largest absolute Gasteiger partial charge is 0.465 e. The number of hydrazine groups is 1. The molecule has 1 amide bonds. The highest BCUT2D eigenvalue weighted by molar-refractivity contribution is 5.94. The zero-order valence-corrected chi connectivity index (χ0v) is 11.5. The first-order chi connectivity index (χ1) is 9.54. The first kappa shape index (κ1) is 15.8. The molecule has 0 radical (unpaired) electrons. The molecule has 0 saturated heterocycles. The van der Waals surface area contributed by atoms with Crippen LogP contribution in [0.3, 0.4) is 0 Å². The number of amides is 1. The van der Waals surface area contributed by atoms with Crippen LogP contribution in [-0.4, -0.2) is 30.3 Å². The summed E-state index contributed by atoms with van der Waals surface area (Å²) in [4.78, 5) is 34.6. The molecular formula is C14H18N2O4. The molecule has 0 heterocycles. The minimum atomic E-state index is -0.889. The third kappa shape index (κ3) is 5.19. The van der Waals surface area contributed by atoms with E-state index in [9.17, 15) is 14.4 Å². The maximum Gasteiger partial charge on any atom is 0.325 e. The topological polar surface area (TPSA) is 84.5 Å². The summed E-state index contributed by atoms with van der Waals surface area (Å²) in [5.41, 5.74) is 5.39. The van der Waals surface area contributed by atoms with Gasteiger partial charge in [-0.2, -0.15) is 0 Å². The highest BCUT2D eigenvalue weighted by Crippen LogP contribution is 1.99. The molecule has 0 bridgehead atoms. The van der Waals surface area contributed by atoms with Crippen molar-refractivity contribution in [3.05, 3.63) is 35.9 Å². The number of Topliss-reactive ketones (excluding diaryl/α,β-unsaturated/α-hetero) is 1. The molecule has 0 aromatic heterocycles. The van der Waals surface area contributed by atoms with E-state index in [1.807, 2.05) is 0 Å². The highest BCUT2D eigenvalue weighted by atomic mass is 16.5. The van der Waals surface area contributed by atoms with E-state index in [0.29, 0.717) is 5.56 Å². The summed E-state index contributed by atoms with van der Waals surface area (Å²) in [5.74, 6) is -1.14. The third-order valence-electron chi connectivity index (χ3n) is 2.46. The van der Waals surface area contributed by atoms with Crippen molar-refractivity contribution in [1.29, 1.82) is 0 Å². The van der Waals surface area contributed by atoms with Gasteiger partial charge in [-0.25, -0.2) is 5.43 Å². The van der Waals surface area contributed by atoms with Crippen molar-refractivity contribution < 1.29 is 19.1 Å². The summed E-state index contributed by atoms with van der Waals surface area (Å²) in [7, 11) is 0. The van der Waals surface area contributed by atoms with Crippen molar-refractivity contribution in [2.24, 2.45) is 0 Å². The van der Waals surface area contributed by atoms with Crippen LogP contribution in [0.4, 0.5) is 0 Å². The van der Waals surface area contributed by atoms with Crippen LogP contribution in [-0.2, 0) is 14.3 Å². The Hall–Kier alpha value is -2.21. The van der Waals surface area contributed by atoms with Gasteiger partial charge in [0.2, 0.25) is 0 Å². The molecule has 6 nitrogen and oxygen atoms in total. The van der Waals surface area contributed by atoms with Crippen LogP contribution < -0.4 is 10.9 Å². The predicted octanol–water partition coefficient (Wildman–Crippen LogP) is 0.832. The first-order valence-corrected chi connectivity index (χ1v) is 6.31.